The Morgan fingerprint density at radius 2 is 2.12 bits per heavy atom. The predicted octanol–water partition coefficient (Wildman–Crippen LogP) is 4.20. The molecule has 1 aromatic heterocycles. The normalized spacial score (nSPS) is 11.0. The fraction of sp³-hybridized carbons (Fsp3) is 0.176. The van der Waals surface area contributed by atoms with E-state index in [-0.39, 0.29) is 17.4 Å². The van der Waals surface area contributed by atoms with Crippen LogP contribution in [0.15, 0.2) is 47.6 Å². The number of aromatic nitrogens is 2. The molecular formula is C17H15F2N3O2S. The number of halogens is 2. The van der Waals surface area contributed by atoms with Crippen LogP contribution in [0.5, 0.6) is 5.75 Å². The van der Waals surface area contributed by atoms with Crippen LogP contribution in [-0.2, 0) is 4.79 Å². The van der Waals surface area contributed by atoms with Crippen LogP contribution >= 0.6 is 11.8 Å². The number of aromatic amines is 1. The molecule has 0 aliphatic heterocycles. The Balaban J connectivity index is 1.58. The number of benzene rings is 2. The average molecular weight is 363 g/mol. The summed E-state index contributed by atoms with van der Waals surface area (Å²) in [4.78, 5) is 19.6. The zero-order valence-electron chi connectivity index (χ0n) is 13.3. The van der Waals surface area contributed by atoms with Crippen molar-refractivity contribution in [1.29, 1.82) is 0 Å². The lowest BCUT2D eigenvalue weighted by Gasteiger charge is -2.10. The van der Waals surface area contributed by atoms with Gasteiger partial charge in [-0.05, 0) is 42.8 Å². The average Bonchev–Trinajstić information content (AvgIpc) is 2.98. The van der Waals surface area contributed by atoms with Gasteiger partial charge in [-0.2, -0.15) is 8.78 Å². The minimum Gasteiger partial charge on any atom is -0.435 e. The molecule has 0 fully saturated rings. The molecule has 0 aliphatic carbocycles. The van der Waals surface area contributed by atoms with Crippen LogP contribution in [0, 0.1) is 6.92 Å². The number of carbonyl (C=O) groups excluding carboxylic acids is 1. The molecular weight excluding hydrogens is 348 g/mol. The van der Waals surface area contributed by atoms with Crippen LogP contribution < -0.4 is 10.1 Å². The van der Waals surface area contributed by atoms with Gasteiger partial charge in [0, 0.05) is 5.69 Å². The third-order valence-corrected chi connectivity index (χ3v) is 4.28. The van der Waals surface area contributed by atoms with E-state index in [2.05, 4.69) is 20.0 Å². The van der Waals surface area contributed by atoms with Gasteiger partial charge in [0.05, 0.1) is 16.8 Å². The summed E-state index contributed by atoms with van der Waals surface area (Å²) in [5, 5.41) is 3.41. The van der Waals surface area contributed by atoms with Crippen molar-refractivity contribution in [1.82, 2.24) is 9.97 Å². The van der Waals surface area contributed by atoms with E-state index in [9.17, 15) is 13.6 Å². The fourth-order valence-corrected chi connectivity index (χ4v) is 2.96. The Hall–Kier alpha value is -2.61. The lowest BCUT2D eigenvalue weighted by atomic mass is 10.2. The number of carbonyl (C=O) groups is 1. The first-order valence-electron chi connectivity index (χ1n) is 7.44. The standard InChI is InChI=1S/C17H15F2N3O2S/c1-10-8-11(24-16(18)19)6-7-12(10)20-15(23)9-25-17-21-13-4-2-3-5-14(13)22-17/h2-8,16H,9H2,1H3,(H,20,23)(H,21,22). The molecule has 5 nitrogen and oxygen atoms in total. The first kappa shape index (κ1) is 17.2. The van der Waals surface area contributed by atoms with Crippen molar-refractivity contribution in [2.45, 2.75) is 18.7 Å². The van der Waals surface area contributed by atoms with E-state index in [4.69, 9.17) is 0 Å². The van der Waals surface area contributed by atoms with E-state index >= 15 is 0 Å². The molecule has 1 heterocycles. The van der Waals surface area contributed by atoms with Gasteiger partial charge in [0.1, 0.15) is 5.75 Å². The molecule has 0 saturated heterocycles. The van der Waals surface area contributed by atoms with E-state index in [1.807, 2.05) is 24.3 Å². The smallest absolute Gasteiger partial charge is 0.387 e. The maximum atomic E-state index is 12.2. The Labute approximate surface area is 146 Å². The summed E-state index contributed by atoms with van der Waals surface area (Å²) in [6, 6.07) is 12.0. The van der Waals surface area contributed by atoms with Crippen LogP contribution in [0.4, 0.5) is 14.5 Å². The summed E-state index contributed by atoms with van der Waals surface area (Å²) in [6.07, 6.45) is 0. The molecule has 3 aromatic rings. The van der Waals surface area contributed by atoms with Crippen LogP contribution in [0.25, 0.3) is 11.0 Å². The van der Waals surface area contributed by atoms with Gasteiger partial charge in [0.25, 0.3) is 0 Å². The molecule has 2 aromatic carbocycles. The SMILES string of the molecule is Cc1cc(OC(F)F)ccc1NC(=O)CSc1nc2ccccc2[nH]1. The lowest BCUT2D eigenvalue weighted by Crippen LogP contribution is -2.15. The second kappa shape index (κ2) is 7.52. The summed E-state index contributed by atoms with van der Waals surface area (Å²) in [6.45, 7) is -1.17. The molecule has 0 atom stereocenters. The van der Waals surface area contributed by atoms with Gasteiger partial charge in [-0.3, -0.25) is 4.79 Å². The summed E-state index contributed by atoms with van der Waals surface area (Å²) >= 11 is 1.29. The zero-order chi connectivity index (χ0) is 17.8. The molecule has 25 heavy (non-hydrogen) atoms. The Morgan fingerprint density at radius 1 is 1.32 bits per heavy atom. The number of alkyl halides is 2. The topological polar surface area (TPSA) is 67.0 Å². The summed E-state index contributed by atoms with van der Waals surface area (Å²) < 4.78 is 28.7. The van der Waals surface area contributed by atoms with Crippen molar-refractivity contribution in [3.8, 4) is 5.75 Å². The number of H-pyrrole nitrogens is 1. The molecule has 0 unspecified atom stereocenters. The number of thioether (sulfide) groups is 1. The second-order valence-corrected chi connectivity index (χ2v) is 6.22. The Morgan fingerprint density at radius 3 is 2.84 bits per heavy atom. The molecule has 0 spiro atoms. The van der Waals surface area contributed by atoms with Gasteiger partial charge >= 0.3 is 6.61 Å². The van der Waals surface area contributed by atoms with Gasteiger partial charge in [0.15, 0.2) is 5.16 Å². The van der Waals surface area contributed by atoms with E-state index in [0.29, 0.717) is 16.4 Å². The number of amides is 1. The highest BCUT2D eigenvalue weighted by molar-refractivity contribution is 7.99. The highest BCUT2D eigenvalue weighted by Crippen LogP contribution is 2.24. The number of hydrogen-bond acceptors (Lipinski definition) is 4. The van der Waals surface area contributed by atoms with Crippen LogP contribution in [0.3, 0.4) is 0 Å². The highest BCUT2D eigenvalue weighted by Gasteiger charge is 2.10. The number of anilines is 1. The molecule has 2 N–H and O–H groups in total. The molecule has 3 rings (SSSR count). The third-order valence-electron chi connectivity index (χ3n) is 3.40. The van der Waals surface area contributed by atoms with Crippen LogP contribution in [-0.4, -0.2) is 28.2 Å². The number of imidazole rings is 1. The van der Waals surface area contributed by atoms with Crippen LogP contribution in [0.2, 0.25) is 0 Å². The number of ether oxygens (including phenoxy) is 1. The van der Waals surface area contributed by atoms with Crippen molar-refractivity contribution in [3.63, 3.8) is 0 Å². The molecule has 0 radical (unpaired) electrons. The highest BCUT2D eigenvalue weighted by atomic mass is 32.2. The summed E-state index contributed by atoms with van der Waals surface area (Å²) in [5.41, 5.74) is 2.95. The van der Waals surface area contributed by atoms with Gasteiger partial charge < -0.3 is 15.0 Å². The minimum atomic E-state index is -2.87. The monoisotopic (exact) mass is 363 g/mol. The van der Waals surface area contributed by atoms with Crippen molar-refractivity contribution in [3.05, 3.63) is 48.0 Å². The molecule has 130 valence electrons. The maximum Gasteiger partial charge on any atom is 0.387 e. The molecule has 0 saturated carbocycles. The van der Waals surface area contributed by atoms with E-state index in [1.54, 1.807) is 6.92 Å². The quantitative estimate of drug-likeness (QED) is 0.644. The number of nitrogens with one attached hydrogen (secondary N) is 2. The number of rotatable bonds is 6. The van der Waals surface area contributed by atoms with E-state index in [1.165, 1.54) is 30.0 Å². The molecule has 1 amide bonds. The van der Waals surface area contributed by atoms with Gasteiger partial charge in [0.2, 0.25) is 5.91 Å². The number of fused-ring (bicyclic) bond motifs is 1. The number of para-hydroxylation sites is 2. The van der Waals surface area contributed by atoms with Crippen molar-refractivity contribution in [2.75, 3.05) is 11.1 Å². The fourth-order valence-electron chi connectivity index (χ4n) is 2.27. The first-order valence-corrected chi connectivity index (χ1v) is 8.42. The maximum absolute atomic E-state index is 12.2. The zero-order valence-corrected chi connectivity index (χ0v) is 14.1. The number of aryl methyl sites for hydroxylation is 1. The first-order chi connectivity index (χ1) is 12.0. The van der Waals surface area contributed by atoms with Crippen LogP contribution in [0.1, 0.15) is 5.56 Å². The third kappa shape index (κ3) is 4.48. The minimum absolute atomic E-state index is 0.0575. The Bertz CT molecular complexity index is 865. The lowest BCUT2D eigenvalue weighted by molar-refractivity contribution is -0.113. The van der Waals surface area contributed by atoms with Gasteiger partial charge in [-0.15, -0.1) is 0 Å². The molecule has 8 heteroatoms. The van der Waals surface area contributed by atoms with Crippen molar-refractivity contribution >= 4 is 34.4 Å². The van der Waals surface area contributed by atoms with Gasteiger partial charge in [-0.25, -0.2) is 4.98 Å². The molecule has 0 aliphatic rings. The summed E-state index contributed by atoms with van der Waals surface area (Å²) in [7, 11) is 0. The Kier molecular flexibility index (Phi) is 5.18. The summed E-state index contributed by atoms with van der Waals surface area (Å²) in [5.74, 6) is 0.0207. The van der Waals surface area contributed by atoms with E-state index < -0.39 is 6.61 Å². The molecule has 0 bridgehead atoms. The van der Waals surface area contributed by atoms with E-state index in [0.717, 1.165) is 11.0 Å². The number of nitrogens with zero attached hydrogens (tertiary/aromatic N) is 1. The number of hydrogen-bond donors (Lipinski definition) is 2. The predicted molar refractivity (Wildman–Crippen MR) is 93.3 cm³/mol. The van der Waals surface area contributed by atoms with Crippen molar-refractivity contribution < 1.29 is 18.3 Å². The van der Waals surface area contributed by atoms with Gasteiger partial charge in [-0.1, -0.05) is 23.9 Å². The largest absolute Gasteiger partial charge is 0.435 e. The van der Waals surface area contributed by atoms with Crippen molar-refractivity contribution in [2.24, 2.45) is 0 Å². The second-order valence-electron chi connectivity index (χ2n) is 5.25.